The van der Waals surface area contributed by atoms with Gasteiger partial charge in [-0.1, -0.05) is 30.3 Å². The molecule has 4 rings (SSSR count). The van der Waals surface area contributed by atoms with Crippen molar-refractivity contribution in [1.82, 2.24) is 15.1 Å². The number of carbonyl (C=O) groups is 1. The molecule has 1 N–H and O–H groups in total. The molecule has 0 aromatic heterocycles. The quantitative estimate of drug-likeness (QED) is 0.841. The molecule has 26 heavy (non-hydrogen) atoms. The third-order valence-electron chi connectivity index (χ3n) is 5.51. The van der Waals surface area contributed by atoms with Crippen molar-refractivity contribution >= 4 is 30.7 Å². The maximum absolute atomic E-state index is 12.9. The Morgan fingerprint density at radius 3 is 2.62 bits per heavy atom. The number of amides is 1. The summed E-state index contributed by atoms with van der Waals surface area (Å²) in [4.78, 5) is 17.3. The number of likely N-dealkylation sites (tertiary alicyclic amines) is 1. The van der Waals surface area contributed by atoms with E-state index in [1.165, 1.54) is 18.4 Å². The molecular weight excluding hydrogens is 373 g/mol. The summed E-state index contributed by atoms with van der Waals surface area (Å²) < 4.78 is 5.83. The van der Waals surface area contributed by atoms with Crippen molar-refractivity contribution in [2.24, 2.45) is 0 Å². The van der Waals surface area contributed by atoms with Gasteiger partial charge in [0.1, 0.15) is 6.10 Å². The summed E-state index contributed by atoms with van der Waals surface area (Å²) in [5, 5.41) is 3.64. The molecule has 2 bridgehead atoms. The number of rotatable bonds is 3. The van der Waals surface area contributed by atoms with E-state index in [-0.39, 0.29) is 36.8 Å². The van der Waals surface area contributed by atoms with Crippen LogP contribution in [0, 0.1) is 0 Å². The number of carbonyl (C=O) groups excluding carboxylic acids is 1. The van der Waals surface area contributed by atoms with Crippen molar-refractivity contribution in [3.63, 3.8) is 0 Å². The van der Waals surface area contributed by atoms with Gasteiger partial charge in [0.25, 0.3) is 5.91 Å². The summed E-state index contributed by atoms with van der Waals surface area (Å²) in [5.41, 5.74) is 1.29. The lowest BCUT2D eigenvalue weighted by Gasteiger charge is -2.35. The number of fused-ring (bicyclic) bond motifs is 2. The second kappa shape index (κ2) is 9.90. The SMILES string of the molecule is Cl.Cl.O=C(C1CN(Cc2ccccc2)CCO1)N1CCC2CCC(C1)N2. The van der Waals surface area contributed by atoms with E-state index in [1.807, 2.05) is 11.0 Å². The Morgan fingerprint density at radius 2 is 1.81 bits per heavy atom. The Labute approximate surface area is 168 Å². The third-order valence-corrected chi connectivity index (χ3v) is 5.51. The van der Waals surface area contributed by atoms with Gasteiger partial charge >= 0.3 is 0 Å². The van der Waals surface area contributed by atoms with Crippen molar-refractivity contribution in [3.8, 4) is 0 Å². The monoisotopic (exact) mass is 401 g/mol. The Hall–Kier alpha value is -0.850. The summed E-state index contributed by atoms with van der Waals surface area (Å²) in [7, 11) is 0. The van der Waals surface area contributed by atoms with Gasteiger partial charge in [-0.25, -0.2) is 0 Å². The normalized spacial score (nSPS) is 28.6. The predicted molar refractivity (Wildman–Crippen MR) is 107 cm³/mol. The van der Waals surface area contributed by atoms with E-state index < -0.39 is 0 Å². The molecule has 7 heteroatoms. The lowest BCUT2D eigenvalue weighted by atomic mass is 10.1. The highest BCUT2D eigenvalue weighted by molar-refractivity contribution is 5.85. The minimum Gasteiger partial charge on any atom is -0.366 e. The van der Waals surface area contributed by atoms with Crippen LogP contribution in [0.5, 0.6) is 0 Å². The zero-order chi connectivity index (χ0) is 16.4. The highest BCUT2D eigenvalue weighted by Gasteiger charge is 2.35. The van der Waals surface area contributed by atoms with E-state index in [0.717, 1.165) is 32.6 Å². The molecule has 5 nitrogen and oxygen atoms in total. The lowest BCUT2D eigenvalue weighted by Crippen LogP contribution is -2.52. The summed E-state index contributed by atoms with van der Waals surface area (Å²) in [5.74, 6) is 0.183. The fraction of sp³-hybridized carbons (Fsp3) is 0.632. The molecule has 3 aliphatic heterocycles. The van der Waals surface area contributed by atoms with Crippen LogP contribution >= 0.6 is 24.8 Å². The zero-order valence-electron chi connectivity index (χ0n) is 15.0. The number of hydrogen-bond acceptors (Lipinski definition) is 4. The fourth-order valence-electron chi connectivity index (χ4n) is 4.18. The number of nitrogens with zero attached hydrogens (tertiary/aromatic N) is 2. The van der Waals surface area contributed by atoms with Gasteiger partial charge in [0.05, 0.1) is 6.61 Å². The van der Waals surface area contributed by atoms with Crippen LogP contribution in [0.4, 0.5) is 0 Å². The van der Waals surface area contributed by atoms with E-state index >= 15 is 0 Å². The van der Waals surface area contributed by atoms with Crippen molar-refractivity contribution in [2.75, 3.05) is 32.8 Å². The summed E-state index contributed by atoms with van der Waals surface area (Å²) in [6.45, 7) is 4.83. The average molecular weight is 402 g/mol. The molecule has 0 radical (unpaired) electrons. The predicted octanol–water partition coefficient (Wildman–Crippen LogP) is 2.08. The number of hydrogen-bond donors (Lipinski definition) is 1. The van der Waals surface area contributed by atoms with Gasteiger partial charge in [-0.15, -0.1) is 24.8 Å². The molecule has 3 saturated heterocycles. The standard InChI is InChI=1S/C19H27N3O2.2ClH/c23-19(22-9-8-16-6-7-17(13-22)20-16)18-14-21(10-11-24-18)12-15-4-2-1-3-5-15;;/h1-5,16-18,20H,6-14H2;2*1H. The number of benzene rings is 1. The molecule has 0 aliphatic carbocycles. The minimum atomic E-state index is -0.306. The smallest absolute Gasteiger partial charge is 0.253 e. The van der Waals surface area contributed by atoms with Crippen LogP contribution in [0.15, 0.2) is 30.3 Å². The van der Waals surface area contributed by atoms with Gasteiger partial charge in [-0.3, -0.25) is 9.69 Å². The van der Waals surface area contributed by atoms with E-state index in [2.05, 4.69) is 34.5 Å². The molecule has 3 atom stereocenters. The van der Waals surface area contributed by atoms with Crippen LogP contribution in [0.25, 0.3) is 0 Å². The Morgan fingerprint density at radius 1 is 1.04 bits per heavy atom. The first-order chi connectivity index (χ1) is 11.8. The molecule has 3 heterocycles. The number of halogens is 2. The molecule has 0 saturated carbocycles. The minimum absolute atomic E-state index is 0. The molecular formula is C19H29Cl2N3O2. The van der Waals surface area contributed by atoms with Crippen molar-refractivity contribution in [1.29, 1.82) is 0 Å². The van der Waals surface area contributed by atoms with E-state index in [0.29, 0.717) is 25.2 Å². The van der Waals surface area contributed by atoms with E-state index in [9.17, 15) is 4.79 Å². The maximum Gasteiger partial charge on any atom is 0.253 e. The molecule has 146 valence electrons. The molecule has 1 aromatic carbocycles. The van der Waals surface area contributed by atoms with Crippen molar-refractivity contribution in [2.45, 2.75) is 44.0 Å². The first kappa shape index (κ1) is 21.5. The Bertz CT molecular complexity index is 575. The highest BCUT2D eigenvalue weighted by Crippen LogP contribution is 2.22. The Kier molecular flexibility index (Phi) is 8.17. The number of ether oxygens (including phenoxy) is 1. The van der Waals surface area contributed by atoms with Gasteiger partial charge in [-0.05, 0) is 24.8 Å². The van der Waals surface area contributed by atoms with E-state index in [4.69, 9.17) is 4.74 Å². The maximum atomic E-state index is 12.9. The van der Waals surface area contributed by atoms with Crippen LogP contribution in [0.3, 0.4) is 0 Å². The van der Waals surface area contributed by atoms with E-state index in [1.54, 1.807) is 0 Å². The van der Waals surface area contributed by atoms with Gasteiger partial charge in [0, 0.05) is 44.8 Å². The number of nitrogens with one attached hydrogen (secondary N) is 1. The van der Waals surface area contributed by atoms with Crippen LogP contribution in [-0.4, -0.2) is 66.7 Å². The van der Waals surface area contributed by atoms with Gasteiger partial charge < -0.3 is 15.0 Å². The van der Waals surface area contributed by atoms with Crippen LogP contribution < -0.4 is 5.32 Å². The van der Waals surface area contributed by atoms with Crippen molar-refractivity contribution < 1.29 is 9.53 Å². The summed E-state index contributed by atoms with van der Waals surface area (Å²) in [6, 6.07) is 11.5. The summed E-state index contributed by atoms with van der Waals surface area (Å²) in [6.07, 6.45) is 3.22. The Balaban J connectivity index is 0.00000121. The molecule has 3 fully saturated rings. The highest BCUT2D eigenvalue weighted by atomic mass is 35.5. The van der Waals surface area contributed by atoms with Gasteiger partial charge in [0.15, 0.2) is 0 Å². The largest absolute Gasteiger partial charge is 0.366 e. The van der Waals surface area contributed by atoms with Crippen LogP contribution in [-0.2, 0) is 16.1 Å². The molecule has 1 amide bonds. The first-order valence-electron chi connectivity index (χ1n) is 9.20. The molecule has 3 aliphatic rings. The lowest BCUT2D eigenvalue weighted by molar-refractivity contribution is -0.150. The van der Waals surface area contributed by atoms with Gasteiger partial charge in [-0.2, -0.15) is 0 Å². The topological polar surface area (TPSA) is 44.8 Å². The third kappa shape index (κ3) is 5.11. The first-order valence-corrected chi connectivity index (χ1v) is 9.20. The number of morpholine rings is 1. The zero-order valence-corrected chi connectivity index (χ0v) is 16.6. The molecule has 0 spiro atoms. The fourth-order valence-corrected chi connectivity index (χ4v) is 4.18. The van der Waals surface area contributed by atoms with Crippen LogP contribution in [0.2, 0.25) is 0 Å². The van der Waals surface area contributed by atoms with Crippen molar-refractivity contribution in [3.05, 3.63) is 35.9 Å². The second-order valence-corrected chi connectivity index (χ2v) is 7.29. The average Bonchev–Trinajstić information content (AvgIpc) is 2.94. The molecule has 3 unspecified atom stereocenters. The summed E-state index contributed by atoms with van der Waals surface area (Å²) >= 11 is 0. The second-order valence-electron chi connectivity index (χ2n) is 7.29. The molecule has 1 aromatic rings. The van der Waals surface area contributed by atoms with Crippen LogP contribution in [0.1, 0.15) is 24.8 Å². The van der Waals surface area contributed by atoms with Gasteiger partial charge in [0.2, 0.25) is 0 Å².